The molecule has 0 radical (unpaired) electrons. The highest BCUT2D eigenvalue weighted by atomic mass is 16.7. The fourth-order valence-corrected chi connectivity index (χ4v) is 9.35. The molecule has 1 heterocycles. The van der Waals surface area contributed by atoms with Crippen molar-refractivity contribution in [1.29, 1.82) is 0 Å². The molecule has 4 aliphatic rings. The van der Waals surface area contributed by atoms with E-state index in [1.54, 1.807) is 26.0 Å². The van der Waals surface area contributed by atoms with E-state index in [4.69, 9.17) is 4.84 Å². The number of fused-ring (bicyclic) bond motifs is 2. The smallest absolute Gasteiger partial charge is 0.251 e. The molecular formula is C44H59N5O5. The number of Topliss-reactive ketones (excluding diaryl/α,β-unsaturated/α-hetero) is 1. The minimum Gasteiger partial charge on any atom is -0.393 e. The Bertz CT molecular complexity index is 1860. The Labute approximate surface area is 321 Å². The van der Waals surface area contributed by atoms with Crippen LogP contribution in [0.15, 0.2) is 60.7 Å². The van der Waals surface area contributed by atoms with Gasteiger partial charge in [0.25, 0.3) is 5.91 Å². The number of nitrogens with zero attached hydrogens (tertiary/aromatic N) is 2. The molecule has 2 bridgehead atoms. The normalized spacial score (nSPS) is 26.4. The minimum absolute atomic E-state index is 0.0258. The van der Waals surface area contributed by atoms with Crippen LogP contribution in [0.1, 0.15) is 84.9 Å². The molecule has 7 rings (SSSR count). The van der Waals surface area contributed by atoms with Crippen molar-refractivity contribution < 1.29 is 24.3 Å². The van der Waals surface area contributed by atoms with E-state index in [2.05, 4.69) is 61.8 Å². The highest BCUT2D eigenvalue weighted by molar-refractivity contribution is 5.97. The monoisotopic (exact) mass is 737 g/mol. The summed E-state index contributed by atoms with van der Waals surface area (Å²) in [6.45, 7) is 13.7. The van der Waals surface area contributed by atoms with E-state index >= 15 is 0 Å². The van der Waals surface area contributed by atoms with E-state index < -0.39 is 24.2 Å². The third-order valence-corrected chi connectivity index (χ3v) is 12.9. The van der Waals surface area contributed by atoms with Gasteiger partial charge in [0.1, 0.15) is 6.04 Å². The Kier molecular flexibility index (Phi) is 11.7. The first kappa shape index (κ1) is 39.6. The van der Waals surface area contributed by atoms with Gasteiger partial charge < -0.3 is 26.0 Å². The van der Waals surface area contributed by atoms with Gasteiger partial charge in [-0.15, -0.1) is 0 Å². The molecule has 1 aliphatic heterocycles. The van der Waals surface area contributed by atoms with E-state index in [1.165, 1.54) is 6.42 Å². The topological polar surface area (TPSA) is 123 Å². The standard InChI is InChI=1S/C44H59N5O5/c1-25-31(11-10-12-36(25)32-17-33(42(52)45-7)19-35(18-32)48(8)9)24-49-41(43(53)47-38-21-34-20-37(26(38)2)44(34,5)6)40(28(4)51)39(54-49)23-46-22-29-13-15-30(16-14-29)27(3)50/h10-19,26,28,34,37-41,46,51H,20-24H2,1-9H3,(H,45,52)(H,47,53)/t26-,28-,34+,37-,38-,39-,40+,41-/m0/s1. The van der Waals surface area contributed by atoms with Crippen LogP contribution in [-0.4, -0.2) is 79.7 Å². The molecule has 290 valence electrons. The van der Waals surface area contributed by atoms with Gasteiger partial charge in [0.05, 0.1) is 18.8 Å². The van der Waals surface area contributed by atoms with E-state index in [0.717, 1.165) is 39.9 Å². The lowest BCUT2D eigenvalue weighted by Crippen LogP contribution is -2.62. The zero-order valence-electron chi connectivity index (χ0n) is 33.4. The second kappa shape index (κ2) is 15.9. The maximum Gasteiger partial charge on any atom is 0.251 e. The lowest BCUT2D eigenvalue weighted by atomic mass is 9.45. The van der Waals surface area contributed by atoms with Crippen molar-refractivity contribution in [3.63, 3.8) is 0 Å². The fraction of sp³-hybridized carbons (Fsp3) is 0.523. The van der Waals surface area contributed by atoms with Crippen molar-refractivity contribution in [2.75, 3.05) is 32.6 Å². The van der Waals surface area contributed by atoms with Gasteiger partial charge in [0, 0.05) is 63.0 Å². The number of hydrogen-bond acceptors (Lipinski definition) is 8. The van der Waals surface area contributed by atoms with Crippen LogP contribution < -0.4 is 20.9 Å². The molecule has 3 aromatic rings. The van der Waals surface area contributed by atoms with Gasteiger partial charge in [-0.1, -0.05) is 63.2 Å². The number of rotatable bonds is 13. The van der Waals surface area contributed by atoms with Gasteiger partial charge in [-0.3, -0.25) is 19.2 Å². The number of aliphatic hydroxyl groups excluding tert-OH is 1. The summed E-state index contributed by atoms with van der Waals surface area (Å²) in [5.74, 6) is 0.801. The summed E-state index contributed by atoms with van der Waals surface area (Å²) < 4.78 is 0. The number of amides is 2. The van der Waals surface area contributed by atoms with Gasteiger partial charge in [0.15, 0.2) is 5.78 Å². The van der Waals surface area contributed by atoms with Crippen LogP contribution in [0.3, 0.4) is 0 Å². The Balaban J connectivity index is 1.28. The molecule has 4 fully saturated rings. The van der Waals surface area contributed by atoms with Crippen molar-refractivity contribution in [2.24, 2.45) is 29.1 Å². The van der Waals surface area contributed by atoms with Crippen LogP contribution in [-0.2, 0) is 22.7 Å². The van der Waals surface area contributed by atoms with Gasteiger partial charge in [0.2, 0.25) is 5.91 Å². The first-order chi connectivity index (χ1) is 25.6. The van der Waals surface area contributed by atoms with Crippen molar-refractivity contribution >= 4 is 23.3 Å². The molecule has 10 nitrogen and oxygen atoms in total. The molecule has 2 amide bonds. The number of hydrogen-bond donors (Lipinski definition) is 4. The second-order valence-corrected chi connectivity index (χ2v) is 16.8. The van der Waals surface area contributed by atoms with Gasteiger partial charge in [-0.05, 0) is 103 Å². The average Bonchev–Trinajstić information content (AvgIpc) is 3.50. The predicted molar refractivity (Wildman–Crippen MR) is 213 cm³/mol. The summed E-state index contributed by atoms with van der Waals surface area (Å²) in [6, 6.07) is 18.9. The molecule has 4 N–H and O–H groups in total. The van der Waals surface area contributed by atoms with E-state index in [9.17, 15) is 19.5 Å². The molecule has 0 spiro atoms. The highest BCUT2D eigenvalue weighted by Gasteiger charge is 2.57. The third-order valence-electron chi connectivity index (χ3n) is 12.9. The third kappa shape index (κ3) is 7.85. The Morgan fingerprint density at radius 3 is 2.37 bits per heavy atom. The van der Waals surface area contributed by atoms with Gasteiger partial charge in [-0.25, -0.2) is 0 Å². The number of ketones is 1. The average molecular weight is 738 g/mol. The zero-order chi connectivity index (χ0) is 39.1. The van der Waals surface area contributed by atoms with Crippen LogP contribution in [0.5, 0.6) is 0 Å². The van der Waals surface area contributed by atoms with E-state index in [1.807, 2.05) is 61.5 Å². The Morgan fingerprint density at radius 1 is 1.04 bits per heavy atom. The van der Waals surface area contributed by atoms with Crippen molar-refractivity contribution in [2.45, 2.75) is 91.8 Å². The Morgan fingerprint density at radius 2 is 1.76 bits per heavy atom. The predicted octanol–water partition coefficient (Wildman–Crippen LogP) is 5.75. The van der Waals surface area contributed by atoms with E-state index in [0.29, 0.717) is 53.9 Å². The molecular weight excluding hydrogens is 679 g/mol. The maximum absolute atomic E-state index is 14.6. The van der Waals surface area contributed by atoms with Crippen LogP contribution in [0.2, 0.25) is 0 Å². The molecule has 10 heteroatoms. The number of nitrogens with one attached hydrogen (secondary N) is 3. The Hall–Kier alpha value is -4.09. The zero-order valence-corrected chi connectivity index (χ0v) is 33.4. The first-order valence-electron chi connectivity index (χ1n) is 19.5. The second-order valence-electron chi connectivity index (χ2n) is 16.8. The SMILES string of the molecule is CNC(=O)c1cc(-c2cccc(CN3O[C@@H](CNCc4ccc(C(C)=O)cc4)[C@@H]([C@H](C)O)[C@H]3C(=O)N[C@H]3C[C@H]4C[C@@H]([C@@H]3C)C4(C)C)c2C)cc(N(C)C)c1. The molecule has 1 saturated heterocycles. The number of benzene rings is 3. The summed E-state index contributed by atoms with van der Waals surface area (Å²) in [4.78, 5) is 47.8. The van der Waals surface area contributed by atoms with Crippen LogP contribution >= 0.6 is 0 Å². The molecule has 3 aromatic carbocycles. The van der Waals surface area contributed by atoms with Gasteiger partial charge in [-0.2, -0.15) is 5.06 Å². The lowest BCUT2D eigenvalue weighted by molar-refractivity contribution is -0.176. The number of carbonyl (C=O) groups is 3. The van der Waals surface area contributed by atoms with Crippen molar-refractivity contribution in [3.8, 4) is 11.1 Å². The largest absolute Gasteiger partial charge is 0.393 e. The fourth-order valence-electron chi connectivity index (χ4n) is 9.35. The quantitative estimate of drug-likeness (QED) is 0.164. The summed E-state index contributed by atoms with van der Waals surface area (Å²) in [5, 5.41) is 22.8. The first-order valence-corrected chi connectivity index (χ1v) is 19.5. The number of hydroxylamine groups is 2. The molecule has 0 aromatic heterocycles. The molecule has 0 unspecified atom stereocenters. The number of carbonyl (C=O) groups excluding carboxylic acids is 3. The van der Waals surface area contributed by atoms with Crippen molar-refractivity contribution in [3.05, 3.63) is 88.5 Å². The summed E-state index contributed by atoms with van der Waals surface area (Å²) in [6.07, 6.45) is 0.900. The summed E-state index contributed by atoms with van der Waals surface area (Å²) >= 11 is 0. The maximum atomic E-state index is 14.6. The summed E-state index contributed by atoms with van der Waals surface area (Å²) in [5.41, 5.74) is 7.39. The van der Waals surface area contributed by atoms with Crippen molar-refractivity contribution in [1.82, 2.24) is 21.0 Å². The van der Waals surface area contributed by atoms with Crippen LogP contribution in [0, 0.1) is 36.0 Å². The summed E-state index contributed by atoms with van der Waals surface area (Å²) in [7, 11) is 5.54. The van der Waals surface area contributed by atoms with E-state index in [-0.39, 0.29) is 23.6 Å². The molecule has 54 heavy (non-hydrogen) atoms. The highest BCUT2D eigenvalue weighted by Crippen LogP contribution is 2.61. The molecule has 3 aliphatic carbocycles. The minimum atomic E-state index is -0.812. The van der Waals surface area contributed by atoms with Gasteiger partial charge >= 0.3 is 0 Å². The molecule has 8 atom stereocenters. The lowest BCUT2D eigenvalue weighted by Gasteiger charge is -2.62. The molecule has 3 saturated carbocycles. The van der Waals surface area contributed by atoms with Crippen LogP contribution in [0.4, 0.5) is 5.69 Å². The van der Waals surface area contributed by atoms with Crippen LogP contribution in [0.25, 0.3) is 11.1 Å². The number of anilines is 1. The number of aliphatic hydroxyl groups is 1.